The second kappa shape index (κ2) is 5.48. The van der Waals surface area contributed by atoms with Crippen molar-refractivity contribution in [2.45, 2.75) is 19.5 Å². The van der Waals surface area contributed by atoms with Crippen molar-refractivity contribution in [3.8, 4) is 0 Å². The summed E-state index contributed by atoms with van der Waals surface area (Å²) in [5.74, 6) is 1.46. The Balaban J connectivity index is 1.85. The molecule has 2 heterocycles. The van der Waals surface area contributed by atoms with Gasteiger partial charge in [-0.15, -0.1) is 0 Å². The van der Waals surface area contributed by atoms with Crippen molar-refractivity contribution in [2.75, 3.05) is 26.3 Å². The summed E-state index contributed by atoms with van der Waals surface area (Å²) in [5, 5.41) is 0. The van der Waals surface area contributed by atoms with Gasteiger partial charge in [0.2, 0.25) is 0 Å². The summed E-state index contributed by atoms with van der Waals surface area (Å²) in [6.07, 6.45) is 1.72. The predicted molar refractivity (Wildman–Crippen MR) is 61.9 cm³/mol. The number of nitrogens with zero attached hydrogens (tertiary/aromatic N) is 1. The molecule has 1 aromatic rings. The highest BCUT2D eigenvalue weighted by atomic mass is 16.5. The molecule has 2 unspecified atom stereocenters. The van der Waals surface area contributed by atoms with Crippen molar-refractivity contribution in [3.63, 3.8) is 0 Å². The highest BCUT2D eigenvalue weighted by Gasteiger charge is 2.26. The summed E-state index contributed by atoms with van der Waals surface area (Å²) in [4.78, 5) is 2.35. The van der Waals surface area contributed by atoms with E-state index >= 15 is 0 Å². The van der Waals surface area contributed by atoms with E-state index in [4.69, 9.17) is 14.9 Å². The molecule has 2 rings (SSSR count). The first-order valence-electron chi connectivity index (χ1n) is 5.87. The molecule has 0 amide bonds. The Labute approximate surface area is 96.4 Å². The molecule has 1 fully saturated rings. The molecule has 90 valence electrons. The highest BCUT2D eigenvalue weighted by Crippen LogP contribution is 2.15. The predicted octanol–water partition coefficient (Wildman–Crippen LogP) is 1.08. The van der Waals surface area contributed by atoms with Gasteiger partial charge in [0.15, 0.2) is 0 Å². The molecule has 0 saturated carbocycles. The van der Waals surface area contributed by atoms with Crippen molar-refractivity contribution in [2.24, 2.45) is 11.7 Å². The lowest BCUT2D eigenvalue weighted by Gasteiger charge is -2.24. The van der Waals surface area contributed by atoms with Crippen LogP contribution in [-0.2, 0) is 11.3 Å². The first-order chi connectivity index (χ1) is 7.79. The molecule has 1 aliphatic heterocycles. The van der Waals surface area contributed by atoms with Crippen LogP contribution >= 0.6 is 0 Å². The van der Waals surface area contributed by atoms with Crippen LogP contribution in [0.2, 0.25) is 0 Å². The average molecular weight is 224 g/mol. The first kappa shape index (κ1) is 11.6. The standard InChI is InChI=1S/C12H20N2O2/c1-2-14(7-11-4-3-5-16-11)6-10-8-15-9-12(10)13/h3-5,10,12H,2,6-9,13H2,1H3. The van der Waals surface area contributed by atoms with Gasteiger partial charge in [0, 0.05) is 18.5 Å². The van der Waals surface area contributed by atoms with Crippen molar-refractivity contribution in [3.05, 3.63) is 24.2 Å². The molecule has 0 aromatic carbocycles. The number of hydrogen-bond acceptors (Lipinski definition) is 4. The molecule has 2 atom stereocenters. The van der Waals surface area contributed by atoms with E-state index in [1.165, 1.54) is 0 Å². The number of nitrogens with two attached hydrogens (primary N) is 1. The van der Waals surface area contributed by atoms with E-state index in [2.05, 4.69) is 11.8 Å². The van der Waals surface area contributed by atoms with Crippen LogP contribution in [0.5, 0.6) is 0 Å². The van der Waals surface area contributed by atoms with Crippen LogP contribution in [0.3, 0.4) is 0 Å². The number of furan rings is 1. The maximum Gasteiger partial charge on any atom is 0.117 e. The molecule has 0 bridgehead atoms. The Morgan fingerprint density at radius 1 is 1.50 bits per heavy atom. The van der Waals surface area contributed by atoms with Crippen molar-refractivity contribution >= 4 is 0 Å². The Morgan fingerprint density at radius 2 is 2.38 bits per heavy atom. The molecular formula is C12H20N2O2. The summed E-state index contributed by atoms with van der Waals surface area (Å²) in [5.41, 5.74) is 5.98. The molecule has 2 N–H and O–H groups in total. The molecule has 0 spiro atoms. The number of ether oxygens (including phenoxy) is 1. The summed E-state index contributed by atoms with van der Waals surface area (Å²) in [6, 6.07) is 4.12. The molecule has 1 aromatic heterocycles. The first-order valence-corrected chi connectivity index (χ1v) is 5.87. The van der Waals surface area contributed by atoms with Gasteiger partial charge in [-0.1, -0.05) is 6.92 Å². The van der Waals surface area contributed by atoms with Gasteiger partial charge in [-0.2, -0.15) is 0 Å². The van der Waals surface area contributed by atoms with Gasteiger partial charge in [0.05, 0.1) is 26.0 Å². The SMILES string of the molecule is CCN(Cc1ccco1)CC1COCC1N. The van der Waals surface area contributed by atoms with Crippen LogP contribution in [0.15, 0.2) is 22.8 Å². The van der Waals surface area contributed by atoms with E-state index in [1.807, 2.05) is 12.1 Å². The van der Waals surface area contributed by atoms with Gasteiger partial charge < -0.3 is 14.9 Å². The lowest BCUT2D eigenvalue weighted by atomic mass is 10.0. The van der Waals surface area contributed by atoms with Crippen LogP contribution in [0.25, 0.3) is 0 Å². The molecule has 0 aliphatic carbocycles. The fraction of sp³-hybridized carbons (Fsp3) is 0.667. The molecule has 4 nitrogen and oxygen atoms in total. The minimum atomic E-state index is 0.186. The third-order valence-corrected chi connectivity index (χ3v) is 3.15. The van der Waals surface area contributed by atoms with Crippen LogP contribution < -0.4 is 5.73 Å². The van der Waals surface area contributed by atoms with Crippen LogP contribution in [-0.4, -0.2) is 37.2 Å². The van der Waals surface area contributed by atoms with E-state index in [0.717, 1.165) is 32.0 Å². The molecule has 1 saturated heterocycles. The second-order valence-corrected chi connectivity index (χ2v) is 4.37. The van der Waals surface area contributed by atoms with Crippen molar-refractivity contribution in [1.82, 2.24) is 4.90 Å². The third kappa shape index (κ3) is 2.84. The molecule has 1 aliphatic rings. The zero-order chi connectivity index (χ0) is 11.4. The molecule has 16 heavy (non-hydrogen) atoms. The fourth-order valence-electron chi connectivity index (χ4n) is 2.06. The summed E-state index contributed by atoms with van der Waals surface area (Å²) < 4.78 is 10.7. The topological polar surface area (TPSA) is 51.6 Å². The highest BCUT2D eigenvalue weighted by molar-refractivity contribution is 4.98. The molecular weight excluding hydrogens is 204 g/mol. The van der Waals surface area contributed by atoms with Gasteiger partial charge in [-0.05, 0) is 18.7 Å². The van der Waals surface area contributed by atoms with Crippen LogP contribution in [0.1, 0.15) is 12.7 Å². The Hall–Kier alpha value is -0.840. The van der Waals surface area contributed by atoms with E-state index in [1.54, 1.807) is 6.26 Å². The summed E-state index contributed by atoms with van der Waals surface area (Å²) in [6.45, 7) is 6.48. The summed E-state index contributed by atoms with van der Waals surface area (Å²) in [7, 11) is 0. The zero-order valence-electron chi connectivity index (χ0n) is 9.76. The van der Waals surface area contributed by atoms with Gasteiger partial charge in [0.1, 0.15) is 5.76 Å². The smallest absolute Gasteiger partial charge is 0.117 e. The van der Waals surface area contributed by atoms with E-state index in [0.29, 0.717) is 12.5 Å². The monoisotopic (exact) mass is 224 g/mol. The maximum atomic E-state index is 5.98. The van der Waals surface area contributed by atoms with Crippen LogP contribution in [0, 0.1) is 5.92 Å². The van der Waals surface area contributed by atoms with Gasteiger partial charge >= 0.3 is 0 Å². The van der Waals surface area contributed by atoms with Crippen molar-refractivity contribution < 1.29 is 9.15 Å². The Morgan fingerprint density at radius 3 is 2.94 bits per heavy atom. The minimum absolute atomic E-state index is 0.186. The van der Waals surface area contributed by atoms with Crippen molar-refractivity contribution in [1.29, 1.82) is 0 Å². The second-order valence-electron chi connectivity index (χ2n) is 4.37. The van der Waals surface area contributed by atoms with Gasteiger partial charge in [0.25, 0.3) is 0 Å². The van der Waals surface area contributed by atoms with E-state index < -0.39 is 0 Å². The third-order valence-electron chi connectivity index (χ3n) is 3.15. The number of rotatable bonds is 5. The quantitative estimate of drug-likeness (QED) is 0.813. The molecule has 0 radical (unpaired) electrons. The summed E-state index contributed by atoms with van der Waals surface area (Å²) >= 11 is 0. The van der Waals surface area contributed by atoms with Gasteiger partial charge in [-0.3, -0.25) is 4.90 Å². The molecule has 4 heteroatoms. The largest absolute Gasteiger partial charge is 0.468 e. The lowest BCUT2D eigenvalue weighted by Crippen LogP contribution is -2.38. The minimum Gasteiger partial charge on any atom is -0.468 e. The normalized spacial score (nSPS) is 25.4. The Bertz CT molecular complexity index is 300. The average Bonchev–Trinajstić information content (AvgIpc) is 2.90. The zero-order valence-corrected chi connectivity index (χ0v) is 9.76. The van der Waals surface area contributed by atoms with E-state index in [-0.39, 0.29) is 6.04 Å². The van der Waals surface area contributed by atoms with Crippen LogP contribution in [0.4, 0.5) is 0 Å². The fourth-order valence-corrected chi connectivity index (χ4v) is 2.06. The maximum absolute atomic E-state index is 5.98. The number of hydrogen-bond donors (Lipinski definition) is 1. The van der Waals surface area contributed by atoms with Gasteiger partial charge in [-0.25, -0.2) is 0 Å². The lowest BCUT2D eigenvalue weighted by molar-refractivity contribution is 0.163. The Kier molecular flexibility index (Phi) is 3.98. The van der Waals surface area contributed by atoms with E-state index in [9.17, 15) is 0 Å².